The molecule has 1 heterocycles. The molecule has 0 aliphatic heterocycles. The molecule has 0 atom stereocenters. The molecule has 76 valence electrons. The molecule has 0 unspecified atom stereocenters. The van der Waals surface area contributed by atoms with Crippen LogP contribution in [0.15, 0.2) is 6.07 Å². The zero-order valence-electron chi connectivity index (χ0n) is 7.67. The molecule has 0 saturated heterocycles. The van der Waals surface area contributed by atoms with Crippen LogP contribution in [-0.2, 0) is 0 Å². The Morgan fingerprint density at radius 1 is 1.43 bits per heavy atom. The molecule has 1 fully saturated rings. The minimum Gasteiger partial charge on any atom is -0.390 e. The van der Waals surface area contributed by atoms with E-state index in [1.165, 1.54) is 0 Å². The van der Waals surface area contributed by atoms with Crippen molar-refractivity contribution < 1.29 is 5.11 Å². The van der Waals surface area contributed by atoms with Crippen molar-refractivity contribution >= 4 is 23.2 Å². The third-order valence-electron chi connectivity index (χ3n) is 2.56. The predicted molar refractivity (Wildman–Crippen MR) is 54.7 cm³/mol. The number of aromatic nitrogens is 2. The Bertz CT molecular complexity index is 360. The van der Waals surface area contributed by atoms with Gasteiger partial charge in [-0.05, 0) is 37.3 Å². The number of nitrogens with zero attached hydrogens (tertiary/aromatic N) is 2. The van der Waals surface area contributed by atoms with Crippen LogP contribution < -0.4 is 0 Å². The monoisotopic (exact) mass is 232 g/mol. The van der Waals surface area contributed by atoms with Gasteiger partial charge in [0, 0.05) is 0 Å². The smallest absolute Gasteiger partial charge is 0.155 e. The lowest BCUT2D eigenvalue weighted by atomic mass is 9.69. The van der Waals surface area contributed by atoms with Crippen LogP contribution in [0.25, 0.3) is 0 Å². The van der Waals surface area contributed by atoms with Gasteiger partial charge in [0.15, 0.2) is 10.3 Å². The third-order valence-corrected chi connectivity index (χ3v) is 3.04. The van der Waals surface area contributed by atoms with Gasteiger partial charge in [0.25, 0.3) is 0 Å². The molecule has 1 aliphatic rings. The van der Waals surface area contributed by atoms with Gasteiger partial charge in [0.05, 0.1) is 5.60 Å². The maximum absolute atomic E-state index is 9.59. The van der Waals surface area contributed by atoms with Crippen molar-refractivity contribution in [1.29, 1.82) is 0 Å². The average molecular weight is 233 g/mol. The van der Waals surface area contributed by atoms with E-state index in [2.05, 4.69) is 10.2 Å². The van der Waals surface area contributed by atoms with Gasteiger partial charge in [-0.15, -0.1) is 10.2 Å². The van der Waals surface area contributed by atoms with Gasteiger partial charge in [-0.3, -0.25) is 0 Å². The summed E-state index contributed by atoms with van der Waals surface area (Å²) >= 11 is 11.6. The van der Waals surface area contributed by atoms with Crippen LogP contribution in [-0.4, -0.2) is 20.9 Å². The van der Waals surface area contributed by atoms with Gasteiger partial charge in [-0.2, -0.15) is 0 Å². The van der Waals surface area contributed by atoms with Crippen molar-refractivity contribution in [1.82, 2.24) is 10.2 Å². The first-order valence-corrected chi connectivity index (χ1v) is 5.14. The van der Waals surface area contributed by atoms with Gasteiger partial charge in [-0.1, -0.05) is 23.2 Å². The fourth-order valence-electron chi connectivity index (χ4n) is 1.87. The maximum Gasteiger partial charge on any atom is 0.155 e. The largest absolute Gasteiger partial charge is 0.390 e. The van der Waals surface area contributed by atoms with Gasteiger partial charge in [0.1, 0.15) is 0 Å². The Hall–Kier alpha value is -0.380. The highest BCUT2D eigenvalue weighted by Gasteiger charge is 2.40. The highest BCUT2D eigenvalue weighted by molar-refractivity contribution is 6.31. The van der Waals surface area contributed by atoms with Gasteiger partial charge in [-0.25, -0.2) is 0 Å². The van der Waals surface area contributed by atoms with Crippen LogP contribution in [0.2, 0.25) is 10.3 Å². The van der Waals surface area contributed by atoms with Gasteiger partial charge in [0.2, 0.25) is 0 Å². The molecule has 3 nitrogen and oxygen atoms in total. The van der Waals surface area contributed by atoms with Crippen molar-refractivity contribution in [2.24, 2.45) is 0 Å². The van der Waals surface area contributed by atoms with Crippen LogP contribution in [0.5, 0.6) is 0 Å². The minimum absolute atomic E-state index is 0.255. The molecule has 0 radical (unpaired) electrons. The average Bonchev–Trinajstić information content (AvgIpc) is 2.05. The van der Waals surface area contributed by atoms with E-state index >= 15 is 0 Å². The molecular weight excluding hydrogens is 223 g/mol. The molecule has 0 bridgehead atoms. The predicted octanol–water partition coefficient (Wildman–Crippen LogP) is 2.41. The Kier molecular flexibility index (Phi) is 2.41. The number of aliphatic hydroxyl groups is 1. The van der Waals surface area contributed by atoms with Gasteiger partial charge < -0.3 is 5.11 Å². The normalized spacial score (nSPS) is 31.3. The zero-order chi connectivity index (χ0) is 10.3. The zero-order valence-corrected chi connectivity index (χ0v) is 9.18. The van der Waals surface area contributed by atoms with Crippen molar-refractivity contribution in [2.75, 3.05) is 0 Å². The summed E-state index contributed by atoms with van der Waals surface area (Å²) in [5.41, 5.74) is 0.321. The molecule has 0 amide bonds. The second-order valence-electron chi connectivity index (χ2n) is 4.02. The summed E-state index contributed by atoms with van der Waals surface area (Å²) in [4.78, 5) is 0. The summed E-state index contributed by atoms with van der Waals surface area (Å²) in [5.74, 6) is 0.255. The minimum atomic E-state index is -0.566. The Morgan fingerprint density at radius 3 is 2.64 bits per heavy atom. The van der Waals surface area contributed by atoms with Crippen LogP contribution in [0.4, 0.5) is 0 Å². The lowest BCUT2D eigenvalue weighted by molar-refractivity contribution is -0.0314. The number of halogens is 2. The van der Waals surface area contributed by atoms with E-state index in [-0.39, 0.29) is 5.92 Å². The quantitative estimate of drug-likeness (QED) is 0.810. The molecule has 1 aliphatic carbocycles. The summed E-state index contributed by atoms with van der Waals surface area (Å²) in [6, 6.07) is 1.72. The fourth-order valence-corrected chi connectivity index (χ4v) is 2.28. The highest BCUT2D eigenvalue weighted by atomic mass is 35.5. The lowest BCUT2D eigenvalue weighted by Gasteiger charge is -2.41. The summed E-state index contributed by atoms with van der Waals surface area (Å²) in [6.07, 6.45) is 1.41. The van der Waals surface area contributed by atoms with E-state index in [4.69, 9.17) is 23.2 Å². The van der Waals surface area contributed by atoms with Crippen LogP contribution in [0, 0.1) is 0 Å². The van der Waals surface area contributed by atoms with Crippen molar-refractivity contribution in [3.05, 3.63) is 21.9 Å². The molecule has 1 aromatic heterocycles. The SMILES string of the molecule is CC1(O)CC(c2cc(Cl)nnc2Cl)C1. The van der Waals surface area contributed by atoms with Crippen molar-refractivity contribution in [2.45, 2.75) is 31.3 Å². The van der Waals surface area contributed by atoms with Crippen LogP contribution in [0.1, 0.15) is 31.2 Å². The summed E-state index contributed by atoms with van der Waals surface area (Å²) in [6.45, 7) is 1.81. The fraction of sp³-hybridized carbons (Fsp3) is 0.556. The van der Waals surface area contributed by atoms with E-state index in [1.54, 1.807) is 6.07 Å². The van der Waals surface area contributed by atoms with E-state index in [0.29, 0.717) is 23.1 Å². The highest BCUT2D eigenvalue weighted by Crippen LogP contribution is 2.46. The van der Waals surface area contributed by atoms with Crippen molar-refractivity contribution in [3.63, 3.8) is 0 Å². The Labute approximate surface area is 92.1 Å². The first-order chi connectivity index (χ1) is 6.48. The van der Waals surface area contributed by atoms with E-state index in [9.17, 15) is 5.11 Å². The number of hydrogen-bond acceptors (Lipinski definition) is 3. The molecule has 1 saturated carbocycles. The van der Waals surface area contributed by atoms with Crippen LogP contribution in [0.3, 0.4) is 0 Å². The Balaban J connectivity index is 2.22. The first-order valence-electron chi connectivity index (χ1n) is 4.39. The van der Waals surface area contributed by atoms with E-state index in [0.717, 1.165) is 5.56 Å². The molecule has 14 heavy (non-hydrogen) atoms. The van der Waals surface area contributed by atoms with E-state index < -0.39 is 5.60 Å². The lowest BCUT2D eigenvalue weighted by Crippen LogP contribution is -2.39. The topological polar surface area (TPSA) is 46.0 Å². The molecular formula is C9H10Cl2N2O. The molecule has 5 heteroatoms. The summed E-state index contributed by atoms with van der Waals surface area (Å²) in [5, 5.41) is 17.7. The third kappa shape index (κ3) is 1.85. The van der Waals surface area contributed by atoms with Crippen LogP contribution >= 0.6 is 23.2 Å². The van der Waals surface area contributed by atoms with Crippen molar-refractivity contribution in [3.8, 4) is 0 Å². The second-order valence-corrected chi connectivity index (χ2v) is 4.76. The molecule has 0 spiro atoms. The molecule has 2 rings (SSSR count). The van der Waals surface area contributed by atoms with Gasteiger partial charge >= 0.3 is 0 Å². The number of hydrogen-bond donors (Lipinski definition) is 1. The first kappa shape index (κ1) is 10.1. The molecule has 1 aromatic rings. The summed E-state index contributed by atoms with van der Waals surface area (Å²) < 4.78 is 0. The summed E-state index contributed by atoms with van der Waals surface area (Å²) in [7, 11) is 0. The Morgan fingerprint density at radius 2 is 2.07 bits per heavy atom. The molecule has 1 N–H and O–H groups in total. The van der Waals surface area contributed by atoms with E-state index in [1.807, 2.05) is 6.92 Å². The molecule has 0 aromatic carbocycles. The second kappa shape index (κ2) is 3.33. The maximum atomic E-state index is 9.59. The number of rotatable bonds is 1. The standard InChI is InChI=1S/C9H10Cl2N2O/c1-9(14)3-5(4-9)6-2-7(10)12-13-8(6)11/h2,5,14H,3-4H2,1H3.